The standard InChI is InChI=1S/C27H28ClN7O2S/c1-15-4-3-5-19-18(15)7-6-16-8-10-29-14-20(16)23(19)32-27(38)34-33-24-21(28)12-17(13-30-24)25(36)31-22-9-11-35(2)26(22)37/h3-5,8,10,12-14,22-23H,6-7,9,11H2,1-2H3,(H,30,33)(H,31,36)(H2,32,34,38). The topological polar surface area (TPSA) is 111 Å². The molecule has 2 amide bonds. The Morgan fingerprint density at radius 1 is 1.16 bits per heavy atom. The molecule has 1 aliphatic carbocycles. The van der Waals surface area contributed by atoms with Crippen LogP contribution in [0.4, 0.5) is 5.82 Å². The Bertz CT molecular complexity index is 1420. The number of likely N-dealkylation sites (N-methyl/N-ethyl adjacent to an activating group) is 1. The van der Waals surface area contributed by atoms with Crippen LogP contribution in [0.2, 0.25) is 5.02 Å². The van der Waals surface area contributed by atoms with E-state index in [4.69, 9.17) is 23.8 Å². The third-order valence-electron chi connectivity index (χ3n) is 7.07. The van der Waals surface area contributed by atoms with Crippen LogP contribution in [0.1, 0.15) is 50.6 Å². The first-order valence-electron chi connectivity index (χ1n) is 12.4. The Balaban J connectivity index is 1.26. The normalized spacial score (nSPS) is 18.2. The number of anilines is 1. The molecule has 2 aliphatic rings. The maximum atomic E-state index is 12.6. The first kappa shape index (κ1) is 25.9. The van der Waals surface area contributed by atoms with E-state index in [-0.39, 0.29) is 22.5 Å². The summed E-state index contributed by atoms with van der Waals surface area (Å²) in [7, 11) is 1.71. The van der Waals surface area contributed by atoms with E-state index < -0.39 is 11.9 Å². The number of carbonyl (C=O) groups excluding carboxylic acids is 2. The third-order valence-corrected chi connectivity index (χ3v) is 7.57. The molecule has 1 fully saturated rings. The van der Waals surface area contributed by atoms with E-state index in [9.17, 15) is 9.59 Å². The summed E-state index contributed by atoms with van der Waals surface area (Å²) in [4.78, 5) is 34.9. The molecule has 5 rings (SSSR count). The van der Waals surface area contributed by atoms with Crippen LogP contribution in [0, 0.1) is 6.92 Å². The molecule has 3 heterocycles. The van der Waals surface area contributed by atoms with Gasteiger partial charge in [0.05, 0.1) is 16.6 Å². The van der Waals surface area contributed by atoms with Crippen LogP contribution in [0.3, 0.4) is 0 Å². The summed E-state index contributed by atoms with van der Waals surface area (Å²) in [5, 5.41) is 6.73. The first-order chi connectivity index (χ1) is 18.3. The molecule has 0 spiro atoms. The van der Waals surface area contributed by atoms with Gasteiger partial charge in [-0.1, -0.05) is 29.8 Å². The maximum absolute atomic E-state index is 12.6. The number of aryl methyl sites for hydroxylation is 2. The van der Waals surface area contributed by atoms with E-state index in [1.165, 1.54) is 34.5 Å². The summed E-state index contributed by atoms with van der Waals surface area (Å²) < 4.78 is 0. The van der Waals surface area contributed by atoms with Gasteiger partial charge in [-0.25, -0.2) is 4.98 Å². The number of aromatic nitrogens is 2. The minimum atomic E-state index is -0.535. The molecule has 9 nitrogen and oxygen atoms in total. The van der Waals surface area contributed by atoms with Crippen LogP contribution >= 0.6 is 23.8 Å². The van der Waals surface area contributed by atoms with Gasteiger partial charge in [0.2, 0.25) is 5.91 Å². The number of hydrazine groups is 1. The van der Waals surface area contributed by atoms with Crippen molar-refractivity contribution >= 4 is 46.6 Å². The van der Waals surface area contributed by atoms with Gasteiger partial charge in [0.25, 0.3) is 5.91 Å². The molecule has 4 N–H and O–H groups in total. The predicted molar refractivity (Wildman–Crippen MR) is 150 cm³/mol. The van der Waals surface area contributed by atoms with Crippen molar-refractivity contribution in [3.63, 3.8) is 0 Å². The summed E-state index contributed by atoms with van der Waals surface area (Å²) in [6.45, 7) is 2.74. The molecule has 2 aromatic heterocycles. The van der Waals surface area contributed by atoms with Crippen LogP contribution < -0.4 is 21.5 Å². The van der Waals surface area contributed by atoms with Gasteiger partial charge < -0.3 is 15.5 Å². The van der Waals surface area contributed by atoms with Gasteiger partial charge in [-0.15, -0.1) is 0 Å². The Labute approximate surface area is 231 Å². The highest BCUT2D eigenvalue weighted by molar-refractivity contribution is 7.80. The second-order valence-corrected chi connectivity index (χ2v) is 10.3. The fourth-order valence-electron chi connectivity index (χ4n) is 4.98. The van der Waals surface area contributed by atoms with Crippen molar-refractivity contribution in [1.82, 2.24) is 30.9 Å². The fraction of sp³-hybridized carbons (Fsp3) is 0.296. The molecule has 1 aliphatic heterocycles. The van der Waals surface area contributed by atoms with E-state index >= 15 is 0 Å². The predicted octanol–water partition coefficient (Wildman–Crippen LogP) is 3.08. The van der Waals surface area contributed by atoms with Gasteiger partial charge in [0.1, 0.15) is 6.04 Å². The monoisotopic (exact) mass is 549 g/mol. The van der Waals surface area contributed by atoms with E-state index in [2.05, 4.69) is 62.6 Å². The molecule has 38 heavy (non-hydrogen) atoms. The van der Waals surface area contributed by atoms with E-state index in [0.717, 1.165) is 18.4 Å². The maximum Gasteiger partial charge on any atom is 0.253 e. The minimum Gasteiger partial charge on any atom is -0.350 e. The zero-order valence-corrected chi connectivity index (χ0v) is 22.6. The number of thiocarbonyl (C=S) groups is 1. The van der Waals surface area contributed by atoms with E-state index in [1.54, 1.807) is 11.9 Å². The van der Waals surface area contributed by atoms with Crippen molar-refractivity contribution in [2.45, 2.75) is 38.3 Å². The van der Waals surface area contributed by atoms with Crippen molar-refractivity contribution in [3.8, 4) is 0 Å². The molecule has 2 atom stereocenters. The Kier molecular flexibility index (Phi) is 7.44. The van der Waals surface area contributed by atoms with Crippen LogP contribution in [0.15, 0.2) is 48.9 Å². The Hall–Kier alpha value is -3.76. The van der Waals surface area contributed by atoms with Crippen molar-refractivity contribution in [1.29, 1.82) is 0 Å². The summed E-state index contributed by atoms with van der Waals surface area (Å²) >= 11 is 12.0. The molecule has 11 heteroatoms. The second kappa shape index (κ2) is 10.9. The molecular formula is C27H28ClN7O2S. The molecule has 1 saturated heterocycles. The van der Waals surface area contributed by atoms with Gasteiger partial charge in [-0.2, -0.15) is 0 Å². The SMILES string of the molecule is Cc1cccc2c1CCc1ccncc1C2NC(=S)NNc1ncc(C(=O)NC2CCN(C)C2=O)cc1Cl. The Morgan fingerprint density at radius 3 is 2.76 bits per heavy atom. The number of amides is 2. The molecular weight excluding hydrogens is 522 g/mol. The highest BCUT2D eigenvalue weighted by atomic mass is 35.5. The third kappa shape index (κ3) is 5.27. The number of pyridine rings is 2. The number of carbonyl (C=O) groups is 2. The van der Waals surface area contributed by atoms with Gasteiger partial charge in [-0.05, 0) is 72.8 Å². The smallest absolute Gasteiger partial charge is 0.253 e. The van der Waals surface area contributed by atoms with Crippen LogP contribution in [0.25, 0.3) is 0 Å². The average Bonchev–Trinajstić information content (AvgIpc) is 3.13. The number of nitrogens with zero attached hydrogens (tertiary/aromatic N) is 3. The molecule has 0 bridgehead atoms. The largest absolute Gasteiger partial charge is 0.350 e. The highest BCUT2D eigenvalue weighted by Gasteiger charge is 2.30. The molecule has 1 aromatic carbocycles. The number of hydrogen-bond donors (Lipinski definition) is 4. The number of hydrogen-bond acceptors (Lipinski definition) is 6. The lowest BCUT2D eigenvalue weighted by Crippen LogP contribution is -2.41. The number of likely N-dealkylation sites (tertiary alicyclic amines) is 1. The minimum absolute atomic E-state index is 0.106. The Morgan fingerprint density at radius 2 is 2.00 bits per heavy atom. The lowest BCUT2D eigenvalue weighted by Gasteiger charge is -2.24. The summed E-state index contributed by atoms with van der Waals surface area (Å²) in [5.74, 6) is -0.201. The van der Waals surface area contributed by atoms with Gasteiger partial charge in [0, 0.05) is 37.7 Å². The number of fused-ring (bicyclic) bond motifs is 2. The average molecular weight is 550 g/mol. The zero-order valence-electron chi connectivity index (χ0n) is 21.0. The number of halogens is 1. The molecule has 3 aromatic rings. The van der Waals surface area contributed by atoms with Crippen LogP contribution in [0.5, 0.6) is 0 Å². The second-order valence-electron chi connectivity index (χ2n) is 9.50. The molecule has 0 saturated carbocycles. The highest BCUT2D eigenvalue weighted by Crippen LogP contribution is 2.33. The summed E-state index contributed by atoms with van der Waals surface area (Å²) in [6.07, 6.45) is 7.55. The van der Waals surface area contributed by atoms with Gasteiger partial charge in [-0.3, -0.25) is 25.4 Å². The quantitative estimate of drug-likeness (QED) is 0.284. The summed E-state index contributed by atoms with van der Waals surface area (Å²) in [6, 6.07) is 9.15. The molecule has 196 valence electrons. The zero-order chi connectivity index (χ0) is 26.8. The first-order valence-corrected chi connectivity index (χ1v) is 13.2. The van der Waals surface area contributed by atoms with Gasteiger partial charge >= 0.3 is 0 Å². The van der Waals surface area contributed by atoms with Crippen LogP contribution in [-0.2, 0) is 17.6 Å². The fourth-order valence-corrected chi connectivity index (χ4v) is 5.36. The van der Waals surface area contributed by atoms with E-state index in [0.29, 0.717) is 23.9 Å². The number of benzene rings is 1. The molecule has 2 unspecified atom stereocenters. The van der Waals surface area contributed by atoms with Crippen molar-refractivity contribution in [2.24, 2.45) is 0 Å². The number of rotatable bonds is 5. The van der Waals surface area contributed by atoms with Gasteiger partial charge in [0.15, 0.2) is 10.9 Å². The van der Waals surface area contributed by atoms with Crippen molar-refractivity contribution < 1.29 is 9.59 Å². The lowest BCUT2D eigenvalue weighted by atomic mass is 9.93. The van der Waals surface area contributed by atoms with Crippen LogP contribution in [-0.4, -0.2) is 51.4 Å². The molecule has 0 radical (unpaired) electrons. The van der Waals surface area contributed by atoms with Crippen molar-refractivity contribution in [3.05, 3.63) is 87.3 Å². The lowest BCUT2D eigenvalue weighted by molar-refractivity contribution is -0.128. The van der Waals surface area contributed by atoms with E-state index in [1.807, 2.05) is 12.4 Å². The number of nitrogens with one attached hydrogen (secondary N) is 4. The van der Waals surface area contributed by atoms with Crippen molar-refractivity contribution in [2.75, 3.05) is 19.0 Å². The summed E-state index contributed by atoms with van der Waals surface area (Å²) in [5.41, 5.74) is 12.2.